The van der Waals surface area contributed by atoms with Crippen molar-refractivity contribution in [2.45, 2.75) is 31.8 Å². The van der Waals surface area contributed by atoms with Gasteiger partial charge in [0.2, 0.25) is 0 Å². The summed E-state index contributed by atoms with van der Waals surface area (Å²) >= 11 is 0. The van der Waals surface area contributed by atoms with Crippen LogP contribution < -0.4 is 4.90 Å². The van der Waals surface area contributed by atoms with E-state index in [2.05, 4.69) is 58.2 Å². The van der Waals surface area contributed by atoms with E-state index in [0.717, 1.165) is 54.8 Å². The Bertz CT molecular complexity index is 1010. The third kappa shape index (κ3) is 3.49. The number of hydrogen-bond acceptors (Lipinski definition) is 6. The van der Waals surface area contributed by atoms with E-state index in [1.54, 1.807) is 0 Å². The molecule has 152 valence electrons. The molecule has 1 saturated heterocycles. The van der Waals surface area contributed by atoms with Gasteiger partial charge in [0.25, 0.3) is 0 Å². The van der Waals surface area contributed by atoms with Gasteiger partial charge in [0.15, 0.2) is 0 Å². The Hall–Kier alpha value is -2.51. The summed E-state index contributed by atoms with van der Waals surface area (Å²) in [6.07, 6.45) is 7.74. The molecule has 5 rings (SSSR count). The lowest BCUT2D eigenvalue weighted by Crippen LogP contribution is -2.50. The van der Waals surface area contributed by atoms with Crippen molar-refractivity contribution in [3.8, 4) is 11.3 Å². The van der Waals surface area contributed by atoms with Crippen molar-refractivity contribution in [1.82, 2.24) is 24.6 Å². The van der Waals surface area contributed by atoms with Crippen LogP contribution in [0.5, 0.6) is 0 Å². The molecule has 0 amide bonds. The molecule has 1 aromatic carbocycles. The Morgan fingerprint density at radius 2 is 2.00 bits per heavy atom. The molecule has 0 spiro atoms. The molecule has 0 radical (unpaired) electrons. The predicted octanol–water partition coefficient (Wildman–Crippen LogP) is 2.58. The molecule has 2 aliphatic rings. The van der Waals surface area contributed by atoms with Crippen LogP contribution in [-0.4, -0.2) is 69.1 Å². The average molecular weight is 393 g/mol. The highest BCUT2D eigenvalue weighted by atomic mass is 16.3. The van der Waals surface area contributed by atoms with Crippen LogP contribution in [0.3, 0.4) is 0 Å². The Labute approximate surface area is 171 Å². The summed E-state index contributed by atoms with van der Waals surface area (Å²) in [5.74, 6) is 0.420. The van der Waals surface area contributed by atoms with Gasteiger partial charge in [-0.05, 0) is 50.9 Å². The number of anilines is 1. The lowest BCUT2D eigenvalue weighted by atomic mass is 9.81. The molecule has 1 aliphatic carbocycles. The van der Waals surface area contributed by atoms with Crippen molar-refractivity contribution in [1.29, 1.82) is 0 Å². The fourth-order valence-electron chi connectivity index (χ4n) is 4.35. The second kappa shape index (κ2) is 7.39. The van der Waals surface area contributed by atoms with Gasteiger partial charge in [-0.1, -0.05) is 0 Å². The third-order valence-corrected chi connectivity index (χ3v) is 6.59. The Balaban J connectivity index is 1.39. The van der Waals surface area contributed by atoms with E-state index < -0.39 is 0 Å². The fourth-order valence-corrected chi connectivity index (χ4v) is 4.35. The van der Waals surface area contributed by atoms with Gasteiger partial charge >= 0.3 is 0 Å². The first-order valence-corrected chi connectivity index (χ1v) is 10.5. The van der Waals surface area contributed by atoms with Gasteiger partial charge in [0.05, 0.1) is 35.2 Å². The zero-order valence-corrected chi connectivity index (χ0v) is 17.1. The van der Waals surface area contributed by atoms with E-state index in [1.807, 2.05) is 17.1 Å². The normalized spacial score (nSPS) is 25.3. The molecule has 1 atom stereocenters. The minimum atomic E-state index is 0.273. The van der Waals surface area contributed by atoms with E-state index in [0.29, 0.717) is 18.0 Å². The number of rotatable bonds is 4. The van der Waals surface area contributed by atoms with Gasteiger partial charge in [-0.25, -0.2) is 4.98 Å². The van der Waals surface area contributed by atoms with Crippen LogP contribution in [0.15, 0.2) is 36.8 Å². The minimum absolute atomic E-state index is 0.273. The smallest absolute Gasteiger partial charge is 0.0924 e. The molecule has 7 heteroatoms. The molecule has 2 aromatic heterocycles. The monoisotopic (exact) mass is 392 g/mol. The number of benzene rings is 1. The zero-order valence-electron chi connectivity index (χ0n) is 17.1. The number of aliphatic hydroxyl groups excluding tert-OH is 1. The van der Waals surface area contributed by atoms with Crippen LogP contribution in [0.25, 0.3) is 22.3 Å². The topological polar surface area (TPSA) is 70.3 Å². The highest BCUT2D eigenvalue weighted by molar-refractivity contribution is 5.81. The van der Waals surface area contributed by atoms with Crippen molar-refractivity contribution in [2.75, 3.05) is 38.2 Å². The molecular weight excluding hydrogens is 364 g/mol. The highest BCUT2D eigenvalue weighted by Crippen LogP contribution is 2.37. The highest BCUT2D eigenvalue weighted by Gasteiger charge is 2.30. The van der Waals surface area contributed by atoms with Gasteiger partial charge in [0, 0.05) is 49.7 Å². The summed E-state index contributed by atoms with van der Waals surface area (Å²) in [5.41, 5.74) is 4.89. The van der Waals surface area contributed by atoms with Crippen LogP contribution in [-0.2, 0) is 0 Å². The van der Waals surface area contributed by atoms with Crippen molar-refractivity contribution < 1.29 is 5.11 Å². The van der Waals surface area contributed by atoms with E-state index >= 15 is 0 Å². The van der Waals surface area contributed by atoms with Gasteiger partial charge in [-0.2, -0.15) is 5.10 Å². The van der Waals surface area contributed by atoms with Crippen molar-refractivity contribution in [3.05, 3.63) is 36.8 Å². The molecular formula is C22H28N6O. The Morgan fingerprint density at radius 1 is 1.14 bits per heavy atom. The zero-order chi connectivity index (χ0) is 20.0. The van der Waals surface area contributed by atoms with E-state index in [-0.39, 0.29) is 6.61 Å². The van der Waals surface area contributed by atoms with Gasteiger partial charge in [-0.3, -0.25) is 9.67 Å². The summed E-state index contributed by atoms with van der Waals surface area (Å²) in [4.78, 5) is 14.4. The second-order valence-corrected chi connectivity index (χ2v) is 8.59. The SMILES string of the molecule is C[C@H]1CN(c2ccc3ncc(-c4cnn(C5CC(CO)C5)c4)nc3c2)CCN1C. The Morgan fingerprint density at radius 3 is 2.79 bits per heavy atom. The third-order valence-electron chi connectivity index (χ3n) is 6.59. The molecule has 1 saturated carbocycles. The van der Waals surface area contributed by atoms with Gasteiger partial charge in [0.1, 0.15) is 0 Å². The lowest BCUT2D eigenvalue weighted by Gasteiger charge is -2.39. The molecule has 0 bridgehead atoms. The molecule has 3 heterocycles. The van der Waals surface area contributed by atoms with Crippen LogP contribution >= 0.6 is 0 Å². The van der Waals surface area contributed by atoms with E-state index in [1.165, 1.54) is 5.69 Å². The summed E-state index contributed by atoms with van der Waals surface area (Å²) in [5, 5.41) is 13.7. The summed E-state index contributed by atoms with van der Waals surface area (Å²) in [6.45, 7) is 5.67. The number of piperazine rings is 1. The summed E-state index contributed by atoms with van der Waals surface area (Å²) in [6, 6.07) is 7.31. The first kappa shape index (κ1) is 18.5. The molecule has 2 fully saturated rings. The maximum Gasteiger partial charge on any atom is 0.0924 e. The van der Waals surface area contributed by atoms with Crippen LogP contribution in [0.4, 0.5) is 5.69 Å². The summed E-state index contributed by atoms with van der Waals surface area (Å²) < 4.78 is 2.01. The molecule has 7 nitrogen and oxygen atoms in total. The quantitative estimate of drug-likeness (QED) is 0.736. The number of hydrogen-bond donors (Lipinski definition) is 1. The van der Waals surface area contributed by atoms with Crippen molar-refractivity contribution in [2.24, 2.45) is 5.92 Å². The van der Waals surface area contributed by atoms with Crippen molar-refractivity contribution >= 4 is 16.7 Å². The summed E-state index contributed by atoms with van der Waals surface area (Å²) in [7, 11) is 2.19. The second-order valence-electron chi connectivity index (χ2n) is 8.59. The molecule has 1 aliphatic heterocycles. The van der Waals surface area contributed by atoms with Crippen LogP contribution in [0, 0.1) is 5.92 Å². The number of aromatic nitrogens is 4. The molecule has 0 unspecified atom stereocenters. The standard InChI is InChI=1S/C22H28N6O/c1-15-12-27(6-5-26(15)2)18-3-4-20-21(9-18)25-22(11-23-20)17-10-24-28(13-17)19-7-16(8-19)14-29/h3-4,9-11,13,15-16,19,29H,5-8,12,14H2,1-2H3/t15-,16?,19?/m0/s1. The number of aliphatic hydroxyl groups is 1. The van der Waals surface area contributed by atoms with Crippen molar-refractivity contribution in [3.63, 3.8) is 0 Å². The maximum absolute atomic E-state index is 9.22. The Kier molecular flexibility index (Phi) is 4.72. The first-order valence-electron chi connectivity index (χ1n) is 10.5. The van der Waals surface area contributed by atoms with E-state index in [4.69, 9.17) is 4.98 Å². The van der Waals surface area contributed by atoms with Gasteiger partial charge < -0.3 is 14.9 Å². The number of nitrogens with zero attached hydrogens (tertiary/aromatic N) is 6. The number of likely N-dealkylation sites (N-methyl/N-ethyl adjacent to an activating group) is 1. The predicted molar refractivity (Wildman–Crippen MR) is 114 cm³/mol. The average Bonchev–Trinajstić information content (AvgIpc) is 3.18. The molecule has 1 N–H and O–H groups in total. The number of fused-ring (bicyclic) bond motifs is 1. The fraction of sp³-hybridized carbons (Fsp3) is 0.500. The molecule has 3 aromatic rings. The lowest BCUT2D eigenvalue weighted by molar-refractivity contribution is 0.105. The van der Waals surface area contributed by atoms with Crippen LogP contribution in [0.1, 0.15) is 25.8 Å². The van der Waals surface area contributed by atoms with E-state index in [9.17, 15) is 5.11 Å². The minimum Gasteiger partial charge on any atom is -0.396 e. The largest absolute Gasteiger partial charge is 0.396 e. The van der Waals surface area contributed by atoms with Gasteiger partial charge in [-0.15, -0.1) is 0 Å². The molecule has 29 heavy (non-hydrogen) atoms. The van der Waals surface area contributed by atoms with Crippen LogP contribution in [0.2, 0.25) is 0 Å². The first-order chi connectivity index (χ1) is 14.1. The maximum atomic E-state index is 9.22.